The van der Waals surface area contributed by atoms with Crippen LogP contribution in [-0.2, 0) is 6.42 Å². The van der Waals surface area contributed by atoms with Gasteiger partial charge >= 0.3 is 0 Å². The molecule has 1 aliphatic rings. The Morgan fingerprint density at radius 3 is 2.88 bits per heavy atom. The highest BCUT2D eigenvalue weighted by Crippen LogP contribution is 2.29. The van der Waals surface area contributed by atoms with Gasteiger partial charge in [0.15, 0.2) is 0 Å². The summed E-state index contributed by atoms with van der Waals surface area (Å²) in [4.78, 5) is 1.54. The molecule has 0 radical (unpaired) electrons. The maximum absolute atomic E-state index is 3.51. The van der Waals surface area contributed by atoms with E-state index < -0.39 is 0 Å². The van der Waals surface area contributed by atoms with Crippen LogP contribution in [0.4, 0.5) is 0 Å². The minimum absolute atomic E-state index is 0.748. The van der Waals surface area contributed by atoms with E-state index in [9.17, 15) is 0 Å². The Bertz CT molecular complexity index is 288. The van der Waals surface area contributed by atoms with Crippen molar-refractivity contribution in [3.05, 3.63) is 22.4 Å². The van der Waals surface area contributed by atoms with Crippen molar-refractivity contribution in [2.45, 2.75) is 57.4 Å². The van der Waals surface area contributed by atoms with Crippen LogP contribution in [0.5, 0.6) is 0 Å². The number of hydrogen-bond acceptors (Lipinski definition) is 2. The number of hydrogen-bond donors (Lipinski definition) is 1. The minimum Gasteiger partial charge on any atom is -0.317 e. The van der Waals surface area contributed by atoms with E-state index in [0.717, 1.165) is 12.0 Å². The van der Waals surface area contributed by atoms with Gasteiger partial charge in [-0.25, -0.2) is 0 Å². The number of aryl methyl sites for hydroxylation is 1. The van der Waals surface area contributed by atoms with Gasteiger partial charge in [0.25, 0.3) is 0 Å². The second kappa shape index (κ2) is 7.17. The van der Waals surface area contributed by atoms with Crippen molar-refractivity contribution in [1.29, 1.82) is 0 Å². The van der Waals surface area contributed by atoms with Crippen molar-refractivity contribution in [3.63, 3.8) is 0 Å². The Balaban J connectivity index is 1.64. The summed E-state index contributed by atoms with van der Waals surface area (Å²) >= 11 is 1.89. The summed E-state index contributed by atoms with van der Waals surface area (Å²) in [6.45, 7) is 0. The second-order valence-corrected chi connectivity index (χ2v) is 6.38. The molecule has 1 atom stereocenters. The molecule has 1 N–H and O–H groups in total. The predicted molar refractivity (Wildman–Crippen MR) is 76.7 cm³/mol. The first-order valence-electron chi connectivity index (χ1n) is 7.08. The van der Waals surface area contributed by atoms with Crippen LogP contribution in [-0.4, -0.2) is 13.1 Å². The zero-order valence-electron chi connectivity index (χ0n) is 11.0. The maximum atomic E-state index is 3.51. The Morgan fingerprint density at radius 1 is 1.41 bits per heavy atom. The van der Waals surface area contributed by atoms with E-state index in [1.807, 2.05) is 11.3 Å². The summed E-state index contributed by atoms with van der Waals surface area (Å²) < 4.78 is 0. The molecule has 1 unspecified atom stereocenters. The Kier molecular flexibility index (Phi) is 5.53. The van der Waals surface area contributed by atoms with Gasteiger partial charge in [-0.05, 0) is 50.1 Å². The first-order valence-corrected chi connectivity index (χ1v) is 7.96. The van der Waals surface area contributed by atoms with Crippen LogP contribution in [0, 0.1) is 5.92 Å². The van der Waals surface area contributed by atoms with Crippen LogP contribution < -0.4 is 5.32 Å². The topological polar surface area (TPSA) is 12.0 Å². The van der Waals surface area contributed by atoms with Gasteiger partial charge < -0.3 is 5.32 Å². The molecular formula is C15H25NS. The van der Waals surface area contributed by atoms with Crippen molar-refractivity contribution in [3.8, 4) is 0 Å². The average Bonchev–Trinajstić information content (AvgIpc) is 3.00. The van der Waals surface area contributed by atoms with Gasteiger partial charge in [-0.15, -0.1) is 11.3 Å². The van der Waals surface area contributed by atoms with Crippen molar-refractivity contribution in [1.82, 2.24) is 5.32 Å². The lowest BCUT2D eigenvalue weighted by molar-refractivity contribution is 0.382. The van der Waals surface area contributed by atoms with Crippen LogP contribution in [0.25, 0.3) is 0 Å². The lowest BCUT2D eigenvalue weighted by Gasteiger charge is -2.19. The normalized spacial score (nSPS) is 18.6. The molecule has 1 fully saturated rings. The predicted octanol–water partition coefficient (Wildman–Crippen LogP) is 4.24. The van der Waals surface area contributed by atoms with Crippen molar-refractivity contribution in [2.24, 2.45) is 5.92 Å². The highest BCUT2D eigenvalue weighted by Gasteiger charge is 2.18. The molecule has 2 rings (SSSR count). The third-order valence-corrected chi connectivity index (χ3v) is 4.99. The van der Waals surface area contributed by atoms with Crippen LogP contribution in [0.2, 0.25) is 0 Å². The summed E-state index contributed by atoms with van der Waals surface area (Å²) in [6.07, 6.45) is 11.2. The van der Waals surface area contributed by atoms with Crippen LogP contribution in [0.1, 0.15) is 49.8 Å². The van der Waals surface area contributed by atoms with Crippen molar-refractivity contribution < 1.29 is 0 Å². The smallest absolute Gasteiger partial charge is 0.00668 e. The largest absolute Gasteiger partial charge is 0.317 e. The monoisotopic (exact) mass is 251 g/mol. The molecule has 0 amide bonds. The fraction of sp³-hybridized carbons (Fsp3) is 0.733. The molecule has 0 bridgehead atoms. The lowest BCUT2D eigenvalue weighted by Crippen LogP contribution is -2.27. The first-order chi connectivity index (χ1) is 8.38. The standard InChI is InChI=1S/C15H25NS/c1-16-14(12-13-6-2-3-7-13)8-4-9-15-10-5-11-17-15/h5,10-11,13-14,16H,2-4,6-9,12H2,1H3. The fourth-order valence-corrected chi connectivity index (χ4v) is 3.76. The minimum atomic E-state index is 0.748. The maximum Gasteiger partial charge on any atom is 0.00668 e. The summed E-state index contributed by atoms with van der Waals surface area (Å²) in [5, 5.41) is 5.70. The number of nitrogens with one attached hydrogen (secondary N) is 1. The van der Waals surface area contributed by atoms with Crippen LogP contribution >= 0.6 is 11.3 Å². The summed E-state index contributed by atoms with van der Waals surface area (Å²) in [5.41, 5.74) is 0. The molecule has 0 aliphatic heterocycles. The first kappa shape index (κ1) is 13.1. The molecule has 0 saturated heterocycles. The highest BCUT2D eigenvalue weighted by atomic mass is 32.1. The molecular weight excluding hydrogens is 226 g/mol. The SMILES string of the molecule is CNC(CCCc1cccs1)CC1CCCC1. The van der Waals surface area contributed by atoms with Gasteiger partial charge in [0, 0.05) is 10.9 Å². The summed E-state index contributed by atoms with van der Waals surface area (Å²) in [5.74, 6) is 1.01. The molecule has 17 heavy (non-hydrogen) atoms. The van der Waals surface area contributed by atoms with E-state index in [1.54, 1.807) is 4.88 Å². The molecule has 2 heteroatoms. The molecule has 1 nitrogen and oxygen atoms in total. The van der Waals surface area contributed by atoms with Gasteiger partial charge in [0.05, 0.1) is 0 Å². The second-order valence-electron chi connectivity index (χ2n) is 5.34. The lowest BCUT2D eigenvalue weighted by atomic mass is 9.95. The van der Waals surface area contributed by atoms with E-state index in [2.05, 4.69) is 29.9 Å². The van der Waals surface area contributed by atoms with E-state index >= 15 is 0 Å². The quantitative estimate of drug-likeness (QED) is 0.764. The molecule has 1 aliphatic carbocycles. The average molecular weight is 251 g/mol. The number of thiophene rings is 1. The molecule has 1 aromatic heterocycles. The Morgan fingerprint density at radius 2 is 2.24 bits per heavy atom. The Labute approximate surface area is 110 Å². The van der Waals surface area contributed by atoms with Crippen molar-refractivity contribution in [2.75, 3.05) is 7.05 Å². The van der Waals surface area contributed by atoms with Gasteiger partial charge in [0.2, 0.25) is 0 Å². The van der Waals surface area contributed by atoms with Crippen LogP contribution in [0.3, 0.4) is 0 Å². The van der Waals surface area contributed by atoms with Crippen LogP contribution in [0.15, 0.2) is 17.5 Å². The molecule has 0 spiro atoms. The van der Waals surface area contributed by atoms with E-state index in [1.165, 1.54) is 51.4 Å². The fourth-order valence-electron chi connectivity index (χ4n) is 3.01. The zero-order valence-corrected chi connectivity index (χ0v) is 11.8. The molecule has 1 saturated carbocycles. The molecule has 0 aromatic carbocycles. The highest BCUT2D eigenvalue weighted by molar-refractivity contribution is 7.09. The zero-order chi connectivity index (χ0) is 11.9. The Hall–Kier alpha value is -0.340. The van der Waals surface area contributed by atoms with Gasteiger partial charge in [-0.2, -0.15) is 0 Å². The summed E-state index contributed by atoms with van der Waals surface area (Å²) in [6, 6.07) is 5.17. The number of rotatable bonds is 7. The molecule has 1 aromatic rings. The van der Waals surface area contributed by atoms with Gasteiger partial charge in [-0.1, -0.05) is 31.7 Å². The molecule has 1 heterocycles. The van der Waals surface area contributed by atoms with E-state index in [0.29, 0.717) is 0 Å². The third kappa shape index (κ3) is 4.44. The summed E-state index contributed by atoms with van der Waals surface area (Å²) in [7, 11) is 2.13. The van der Waals surface area contributed by atoms with E-state index in [4.69, 9.17) is 0 Å². The van der Waals surface area contributed by atoms with Gasteiger partial charge in [0.1, 0.15) is 0 Å². The van der Waals surface area contributed by atoms with E-state index in [-0.39, 0.29) is 0 Å². The third-order valence-electron chi connectivity index (χ3n) is 4.06. The van der Waals surface area contributed by atoms with Gasteiger partial charge in [-0.3, -0.25) is 0 Å². The van der Waals surface area contributed by atoms with Crippen molar-refractivity contribution >= 4 is 11.3 Å². The molecule has 96 valence electrons.